The number of fused-ring (bicyclic) bond motifs is 6. The van der Waals surface area contributed by atoms with E-state index in [9.17, 15) is 0 Å². The number of anilines is 1. The zero-order valence-corrected chi connectivity index (χ0v) is 25.5. The second kappa shape index (κ2) is 10.2. The van der Waals surface area contributed by atoms with Gasteiger partial charge in [0.1, 0.15) is 7.05 Å². The van der Waals surface area contributed by atoms with Crippen LogP contribution in [0.1, 0.15) is 29.2 Å². The molecule has 1 atom stereocenters. The molecule has 212 valence electrons. The van der Waals surface area contributed by atoms with Crippen molar-refractivity contribution in [2.24, 2.45) is 0 Å². The summed E-state index contributed by atoms with van der Waals surface area (Å²) in [5.74, 6) is 0. The third kappa shape index (κ3) is 4.06. The van der Waals surface area contributed by atoms with Gasteiger partial charge < -0.3 is 4.90 Å². The SMILES string of the molecule is CN1/C(=C/C2=[N+](C)c3ccc4ccccc4c3/C2=C/c2ccccc2)C(C)(Cc2ccccc2)c2c1ccc1ccccc21. The van der Waals surface area contributed by atoms with E-state index in [1.807, 2.05) is 0 Å². The lowest BCUT2D eigenvalue weighted by atomic mass is 9.74. The van der Waals surface area contributed by atoms with E-state index in [4.69, 9.17) is 0 Å². The van der Waals surface area contributed by atoms with Gasteiger partial charge in [0.05, 0.1) is 11.1 Å². The molecule has 0 amide bonds. The molecular weight excluding hydrogens is 532 g/mol. The van der Waals surface area contributed by atoms with Gasteiger partial charge in [-0.25, -0.2) is 0 Å². The summed E-state index contributed by atoms with van der Waals surface area (Å²) in [5, 5.41) is 5.17. The zero-order valence-electron chi connectivity index (χ0n) is 25.5. The monoisotopic (exact) mass is 567 g/mol. The summed E-state index contributed by atoms with van der Waals surface area (Å²) in [6.45, 7) is 2.44. The van der Waals surface area contributed by atoms with Crippen molar-refractivity contribution in [2.45, 2.75) is 18.8 Å². The molecule has 2 aliphatic heterocycles. The van der Waals surface area contributed by atoms with Crippen LogP contribution in [-0.2, 0) is 11.8 Å². The minimum absolute atomic E-state index is 0.241. The molecule has 6 aromatic carbocycles. The van der Waals surface area contributed by atoms with E-state index in [-0.39, 0.29) is 5.41 Å². The first kappa shape index (κ1) is 26.4. The molecule has 8 rings (SSSR count). The van der Waals surface area contributed by atoms with Crippen LogP contribution in [0.3, 0.4) is 0 Å². The lowest BCUT2D eigenvalue weighted by Gasteiger charge is -2.29. The van der Waals surface area contributed by atoms with Gasteiger partial charge in [-0.05, 0) is 69.8 Å². The largest absolute Gasteiger partial charge is 0.347 e. The van der Waals surface area contributed by atoms with Crippen molar-refractivity contribution >= 4 is 50.3 Å². The van der Waals surface area contributed by atoms with Crippen LogP contribution in [0.15, 0.2) is 145 Å². The van der Waals surface area contributed by atoms with Crippen molar-refractivity contribution in [3.63, 3.8) is 0 Å². The molecule has 0 bridgehead atoms. The van der Waals surface area contributed by atoms with Gasteiger partial charge in [-0.1, -0.05) is 115 Å². The van der Waals surface area contributed by atoms with Crippen molar-refractivity contribution in [2.75, 3.05) is 19.0 Å². The number of benzene rings is 6. The zero-order chi connectivity index (χ0) is 29.8. The summed E-state index contributed by atoms with van der Waals surface area (Å²) in [6.07, 6.45) is 5.75. The van der Waals surface area contributed by atoms with Crippen molar-refractivity contribution in [1.82, 2.24) is 0 Å². The lowest BCUT2D eigenvalue weighted by Crippen LogP contribution is -2.30. The Bertz CT molecular complexity index is 2170. The van der Waals surface area contributed by atoms with Crippen molar-refractivity contribution in [3.8, 4) is 0 Å². The van der Waals surface area contributed by atoms with Gasteiger partial charge >= 0.3 is 0 Å². The molecule has 0 aliphatic carbocycles. The van der Waals surface area contributed by atoms with E-state index in [1.165, 1.54) is 72.2 Å². The lowest BCUT2D eigenvalue weighted by molar-refractivity contribution is -0.399. The summed E-state index contributed by atoms with van der Waals surface area (Å²) in [6, 6.07) is 48.4. The standard InChI is InChI=1S/C42H35N2/c1-42(28-30-16-8-5-9-17-30)39(44(3)37-25-23-32-19-11-13-21-34(32)41(37)42)27-38-35(26-29-14-6-4-7-15-29)40-33-20-12-10-18-31(33)22-24-36(40)43(38)2/h4-27H,28H2,1-3H3/q+1/b35-26+. The average molecular weight is 568 g/mol. The Kier molecular flexibility index (Phi) is 6.13. The van der Waals surface area contributed by atoms with Gasteiger partial charge in [-0.2, -0.15) is 4.58 Å². The van der Waals surface area contributed by atoms with Gasteiger partial charge in [0.2, 0.25) is 11.4 Å². The predicted octanol–water partition coefficient (Wildman–Crippen LogP) is 9.80. The van der Waals surface area contributed by atoms with Gasteiger partial charge in [0, 0.05) is 36.0 Å². The van der Waals surface area contributed by atoms with Crippen molar-refractivity contribution in [1.29, 1.82) is 0 Å². The fourth-order valence-electron chi connectivity index (χ4n) is 7.61. The molecule has 44 heavy (non-hydrogen) atoms. The van der Waals surface area contributed by atoms with Crippen LogP contribution in [0, 0.1) is 0 Å². The highest BCUT2D eigenvalue weighted by molar-refractivity contribution is 6.36. The van der Waals surface area contributed by atoms with Gasteiger partial charge in [0.25, 0.3) is 0 Å². The minimum Gasteiger partial charge on any atom is -0.347 e. The molecule has 0 saturated heterocycles. The van der Waals surface area contributed by atoms with Crippen molar-refractivity contribution in [3.05, 3.63) is 167 Å². The first-order chi connectivity index (χ1) is 21.5. The molecule has 0 fully saturated rings. The molecule has 0 saturated carbocycles. The third-order valence-corrected chi connectivity index (χ3v) is 9.71. The Morgan fingerprint density at radius 2 is 1.27 bits per heavy atom. The van der Waals surface area contributed by atoms with Gasteiger partial charge in [0.15, 0.2) is 0 Å². The maximum absolute atomic E-state index is 2.47. The van der Waals surface area contributed by atoms with Crippen LogP contribution in [0.25, 0.3) is 33.2 Å². The maximum atomic E-state index is 2.47. The Hall–Kier alpha value is -5.21. The van der Waals surface area contributed by atoms with E-state index in [0.29, 0.717) is 0 Å². The summed E-state index contributed by atoms with van der Waals surface area (Å²) >= 11 is 0. The Morgan fingerprint density at radius 3 is 2.02 bits per heavy atom. The highest BCUT2D eigenvalue weighted by Gasteiger charge is 2.45. The second-order valence-corrected chi connectivity index (χ2v) is 12.4. The van der Waals surface area contributed by atoms with Crippen LogP contribution in [0.2, 0.25) is 0 Å². The molecule has 1 unspecified atom stereocenters. The summed E-state index contributed by atoms with van der Waals surface area (Å²) < 4.78 is 2.39. The number of hydrogen-bond donors (Lipinski definition) is 0. The molecule has 2 nitrogen and oxygen atoms in total. The molecule has 0 N–H and O–H groups in total. The molecule has 0 spiro atoms. The molecule has 0 radical (unpaired) electrons. The highest BCUT2D eigenvalue weighted by Crippen LogP contribution is 2.52. The fraction of sp³-hybridized carbons (Fsp3) is 0.119. The van der Waals surface area contributed by atoms with Crippen LogP contribution < -0.4 is 4.90 Å². The number of nitrogens with zero attached hydrogens (tertiary/aromatic N) is 2. The van der Waals surface area contributed by atoms with Crippen LogP contribution >= 0.6 is 0 Å². The van der Waals surface area contributed by atoms with E-state index in [1.54, 1.807) is 0 Å². The molecular formula is C42H35N2+. The minimum atomic E-state index is -0.241. The topological polar surface area (TPSA) is 6.25 Å². The molecule has 2 aliphatic rings. The summed E-state index contributed by atoms with van der Waals surface area (Å²) in [5.41, 5.74) is 11.3. The summed E-state index contributed by atoms with van der Waals surface area (Å²) in [7, 11) is 4.46. The van der Waals surface area contributed by atoms with Crippen molar-refractivity contribution < 1.29 is 4.58 Å². The number of rotatable bonds is 4. The number of hydrogen-bond acceptors (Lipinski definition) is 1. The number of allylic oxidation sites excluding steroid dienone is 3. The molecule has 2 heterocycles. The second-order valence-electron chi connectivity index (χ2n) is 12.4. The summed E-state index contributed by atoms with van der Waals surface area (Å²) in [4.78, 5) is 2.44. The fourth-order valence-corrected chi connectivity index (χ4v) is 7.61. The van der Waals surface area contributed by atoms with Crippen LogP contribution in [0.4, 0.5) is 11.4 Å². The Morgan fingerprint density at radius 1 is 0.659 bits per heavy atom. The smallest absolute Gasteiger partial charge is 0.215 e. The first-order valence-corrected chi connectivity index (χ1v) is 15.4. The van der Waals surface area contributed by atoms with E-state index >= 15 is 0 Å². The third-order valence-electron chi connectivity index (χ3n) is 9.71. The van der Waals surface area contributed by atoms with E-state index < -0.39 is 0 Å². The molecule has 6 aromatic rings. The van der Waals surface area contributed by atoms with E-state index in [2.05, 4.69) is 176 Å². The highest BCUT2D eigenvalue weighted by atomic mass is 15.2. The quantitative estimate of drug-likeness (QED) is 0.192. The molecule has 2 heteroatoms. The van der Waals surface area contributed by atoms with Crippen LogP contribution in [0.5, 0.6) is 0 Å². The van der Waals surface area contributed by atoms with Gasteiger partial charge in [-0.15, -0.1) is 0 Å². The van der Waals surface area contributed by atoms with E-state index in [0.717, 1.165) is 6.42 Å². The first-order valence-electron chi connectivity index (χ1n) is 15.4. The van der Waals surface area contributed by atoms with Crippen LogP contribution in [-0.4, -0.2) is 24.4 Å². The number of likely N-dealkylation sites (N-methyl/N-ethyl adjacent to an activating group) is 1. The Labute approximate surface area is 259 Å². The normalized spacial score (nSPS) is 19.4. The Balaban J connectivity index is 1.39. The average Bonchev–Trinajstić information content (AvgIpc) is 3.45. The maximum Gasteiger partial charge on any atom is 0.215 e. The molecule has 0 aromatic heterocycles. The van der Waals surface area contributed by atoms with Gasteiger partial charge in [-0.3, -0.25) is 0 Å². The predicted molar refractivity (Wildman–Crippen MR) is 187 cm³/mol.